The van der Waals surface area contributed by atoms with Crippen LogP contribution in [0.25, 0.3) is 0 Å². The Kier molecular flexibility index (Phi) is 6.59. The fourth-order valence-electron chi connectivity index (χ4n) is 3.32. The van der Waals surface area contributed by atoms with E-state index in [1.165, 1.54) is 0 Å². The van der Waals surface area contributed by atoms with Crippen LogP contribution in [0.3, 0.4) is 0 Å². The first kappa shape index (κ1) is 19.4. The molecule has 0 amide bonds. The third-order valence-electron chi connectivity index (χ3n) is 4.60. The van der Waals surface area contributed by atoms with Crippen molar-refractivity contribution >= 4 is 11.9 Å². The van der Waals surface area contributed by atoms with E-state index in [4.69, 9.17) is 9.47 Å². The predicted molar refractivity (Wildman–Crippen MR) is 94.6 cm³/mol. The molecule has 0 aromatic heterocycles. The minimum absolute atomic E-state index is 0.0854. The third kappa shape index (κ3) is 5.05. The zero-order valence-electron chi connectivity index (χ0n) is 15.3. The summed E-state index contributed by atoms with van der Waals surface area (Å²) in [7, 11) is 0. The van der Waals surface area contributed by atoms with Gasteiger partial charge in [-0.05, 0) is 37.3 Å². The zero-order valence-corrected chi connectivity index (χ0v) is 15.3. The maximum atomic E-state index is 12.2. The second-order valence-electron chi connectivity index (χ2n) is 7.32. The van der Waals surface area contributed by atoms with Gasteiger partial charge in [0.1, 0.15) is 12.2 Å². The van der Waals surface area contributed by atoms with E-state index in [0.717, 1.165) is 17.6 Å². The van der Waals surface area contributed by atoms with Crippen LogP contribution in [-0.4, -0.2) is 35.9 Å². The molecule has 0 saturated carbocycles. The summed E-state index contributed by atoms with van der Waals surface area (Å²) < 4.78 is 11.2. The molecule has 0 radical (unpaired) electrons. The van der Waals surface area contributed by atoms with E-state index in [0.29, 0.717) is 24.8 Å². The van der Waals surface area contributed by atoms with Gasteiger partial charge in [-0.25, -0.2) is 4.79 Å². The van der Waals surface area contributed by atoms with E-state index in [2.05, 4.69) is 12.7 Å². The minimum atomic E-state index is -0.551. The van der Waals surface area contributed by atoms with E-state index < -0.39 is 24.1 Å². The average molecular weight is 348 g/mol. The van der Waals surface area contributed by atoms with Gasteiger partial charge in [0.15, 0.2) is 0 Å². The molecule has 5 nitrogen and oxygen atoms in total. The van der Waals surface area contributed by atoms with Gasteiger partial charge in [0.2, 0.25) is 0 Å². The van der Waals surface area contributed by atoms with Gasteiger partial charge in [0.05, 0.1) is 12.5 Å². The van der Waals surface area contributed by atoms with Crippen molar-refractivity contribution in [3.8, 4) is 0 Å². The van der Waals surface area contributed by atoms with Crippen molar-refractivity contribution in [2.45, 2.75) is 58.7 Å². The Bertz CT molecular complexity index is 599. The maximum absolute atomic E-state index is 12.2. The van der Waals surface area contributed by atoms with E-state index in [9.17, 15) is 14.7 Å². The molecule has 1 aliphatic heterocycles. The van der Waals surface area contributed by atoms with Crippen LogP contribution in [0.2, 0.25) is 0 Å². The number of fused-ring (bicyclic) bond motifs is 1. The molecule has 1 fully saturated rings. The number of hydrogen-bond acceptors (Lipinski definition) is 5. The highest BCUT2D eigenvalue weighted by molar-refractivity contribution is 5.91. The fraction of sp³-hybridized carbons (Fsp3) is 0.600. The maximum Gasteiger partial charge on any atom is 0.334 e. The Morgan fingerprint density at radius 3 is 2.84 bits per heavy atom. The van der Waals surface area contributed by atoms with Gasteiger partial charge in [-0.1, -0.05) is 32.1 Å². The van der Waals surface area contributed by atoms with Gasteiger partial charge in [-0.3, -0.25) is 4.79 Å². The van der Waals surface area contributed by atoms with Crippen molar-refractivity contribution < 1.29 is 24.2 Å². The van der Waals surface area contributed by atoms with Gasteiger partial charge >= 0.3 is 11.9 Å². The first-order chi connectivity index (χ1) is 11.8. The minimum Gasteiger partial charge on any atom is -0.461 e. The van der Waals surface area contributed by atoms with Crippen molar-refractivity contribution in [1.29, 1.82) is 0 Å². The summed E-state index contributed by atoms with van der Waals surface area (Å²) in [4.78, 5) is 24.3. The number of carbonyl (C=O) groups excluding carboxylic acids is 2. The van der Waals surface area contributed by atoms with Crippen LogP contribution in [0, 0.1) is 11.8 Å². The number of carbonyl (C=O) groups is 2. The molecule has 3 atom stereocenters. The third-order valence-corrected chi connectivity index (χ3v) is 4.60. The number of ether oxygens (including phenoxy) is 2. The topological polar surface area (TPSA) is 72.8 Å². The summed E-state index contributed by atoms with van der Waals surface area (Å²) in [6, 6.07) is 0. The number of aliphatic hydroxyl groups excluding tert-OH is 1. The Labute approximate surface area is 149 Å². The van der Waals surface area contributed by atoms with Crippen molar-refractivity contribution in [2.75, 3.05) is 6.61 Å². The smallest absolute Gasteiger partial charge is 0.334 e. The molecule has 1 aliphatic carbocycles. The van der Waals surface area contributed by atoms with Crippen LogP contribution in [0.1, 0.15) is 46.5 Å². The summed E-state index contributed by atoms with van der Waals surface area (Å²) in [6.45, 7) is 9.68. The first-order valence-electron chi connectivity index (χ1n) is 8.87. The normalized spacial score (nSPS) is 27.3. The number of rotatable bonds is 4. The van der Waals surface area contributed by atoms with E-state index in [-0.39, 0.29) is 18.5 Å². The lowest BCUT2D eigenvalue weighted by Crippen LogP contribution is -2.33. The lowest BCUT2D eigenvalue weighted by molar-refractivity contribution is -0.152. The van der Waals surface area contributed by atoms with Crippen LogP contribution in [0.15, 0.2) is 35.5 Å². The molecule has 2 aliphatic rings. The molecule has 138 valence electrons. The van der Waals surface area contributed by atoms with Crippen molar-refractivity contribution in [3.05, 3.63) is 35.5 Å². The lowest BCUT2D eigenvalue weighted by atomic mass is 9.85. The Balaban J connectivity index is 2.33. The highest BCUT2D eigenvalue weighted by atomic mass is 16.6. The van der Waals surface area contributed by atoms with Gasteiger partial charge in [0.25, 0.3) is 0 Å². The molecule has 1 heterocycles. The molecule has 3 unspecified atom stereocenters. The van der Waals surface area contributed by atoms with E-state index >= 15 is 0 Å². The molecule has 0 bridgehead atoms. The van der Waals surface area contributed by atoms with Crippen LogP contribution >= 0.6 is 0 Å². The number of allylic oxidation sites excluding steroid dienone is 1. The van der Waals surface area contributed by atoms with Gasteiger partial charge < -0.3 is 14.6 Å². The SMILES string of the molecule is C=C1C(=O)OC2C=C(CO)CCC=C(C)CC(OC(=O)CC(C)C)C12. The molecule has 1 saturated heterocycles. The summed E-state index contributed by atoms with van der Waals surface area (Å²) in [5.41, 5.74) is 2.23. The quantitative estimate of drug-likeness (QED) is 0.480. The number of hydrogen-bond donors (Lipinski definition) is 1. The molecule has 0 spiro atoms. The highest BCUT2D eigenvalue weighted by Crippen LogP contribution is 2.36. The van der Waals surface area contributed by atoms with Crippen molar-refractivity contribution in [2.24, 2.45) is 11.8 Å². The molecule has 1 N–H and O–H groups in total. The fourth-order valence-corrected chi connectivity index (χ4v) is 3.32. The Morgan fingerprint density at radius 2 is 2.20 bits per heavy atom. The Morgan fingerprint density at radius 1 is 1.48 bits per heavy atom. The van der Waals surface area contributed by atoms with Gasteiger partial charge in [-0.15, -0.1) is 0 Å². The summed E-state index contributed by atoms with van der Waals surface area (Å²) >= 11 is 0. The zero-order chi connectivity index (χ0) is 18.6. The van der Waals surface area contributed by atoms with Crippen LogP contribution in [0.5, 0.6) is 0 Å². The largest absolute Gasteiger partial charge is 0.461 e. The molecule has 5 heteroatoms. The van der Waals surface area contributed by atoms with Crippen molar-refractivity contribution in [3.63, 3.8) is 0 Å². The predicted octanol–water partition coefficient (Wildman–Crippen LogP) is 3.09. The van der Waals surface area contributed by atoms with Crippen LogP contribution in [-0.2, 0) is 19.1 Å². The van der Waals surface area contributed by atoms with Gasteiger partial charge in [0, 0.05) is 18.4 Å². The molecule has 25 heavy (non-hydrogen) atoms. The summed E-state index contributed by atoms with van der Waals surface area (Å²) in [5.74, 6) is -0.965. The molecule has 0 aromatic carbocycles. The second kappa shape index (κ2) is 8.48. The monoisotopic (exact) mass is 348 g/mol. The van der Waals surface area contributed by atoms with E-state index in [1.807, 2.05) is 20.8 Å². The summed E-state index contributed by atoms with van der Waals surface area (Å²) in [5, 5.41) is 9.56. The van der Waals surface area contributed by atoms with Gasteiger partial charge in [-0.2, -0.15) is 0 Å². The highest BCUT2D eigenvalue weighted by Gasteiger charge is 2.44. The first-order valence-corrected chi connectivity index (χ1v) is 8.87. The Hall–Kier alpha value is -1.88. The number of aliphatic hydroxyl groups is 1. The molecule has 2 rings (SSSR count). The molecule has 0 aromatic rings. The van der Waals surface area contributed by atoms with E-state index in [1.54, 1.807) is 6.08 Å². The van der Waals surface area contributed by atoms with Crippen LogP contribution < -0.4 is 0 Å². The van der Waals surface area contributed by atoms with Crippen molar-refractivity contribution in [1.82, 2.24) is 0 Å². The molecular weight excluding hydrogens is 320 g/mol. The standard InChI is InChI=1S/C20H28O5/c1-12(2)8-18(22)24-16-9-13(3)6-5-7-15(11-21)10-17-19(16)14(4)20(23)25-17/h6,10,12,16-17,19,21H,4-5,7-9,11H2,1-3H3. The summed E-state index contributed by atoms with van der Waals surface area (Å²) in [6.07, 6.45) is 5.20. The number of esters is 2. The lowest BCUT2D eigenvalue weighted by Gasteiger charge is -2.27. The molecular formula is C20H28O5. The second-order valence-corrected chi connectivity index (χ2v) is 7.32. The average Bonchev–Trinajstić information content (AvgIpc) is 2.79. The van der Waals surface area contributed by atoms with Crippen LogP contribution in [0.4, 0.5) is 0 Å².